The Kier molecular flexibility index (Phi) is 3.62. The van der Waals surface area contributed by atoms with Gasteiger partial charge in [-0.25, -0.2) is 0 Å². The Labute approximate surface area is 108 Å². The van der Waals surface area contributed by atoms with Crippen LogP contribution in [0.2, 0.25) is 0 Å². The number of benzene rings is 1. The van der Waals surface area contributed by atoms with Crippen LogP contribution in [0.3, 0.4) is 0 Å². The van der Waals surface area contributed by atoms with Gasteiger partial charge in [0, 0.05) is 31.3 Å². The molecular formula is C15H21N3. The molecule has 3 rings (SSSR count). The Bertz CT molecular complexity index is 497. The molecule has 2 N–H and O–H groups in total. The smallest absolute Gasteiger partial charge is 0.0454 e. The van der Waals surface area contributed by atoms with Crippen molar-refractivity contribution in [2.24, 2.45) is 0 Å². The molecule has 3 nitrogen and oxygen atoms in total. The fraction of sp³-hybridized carbons (Fsp3) is 0.467. The van der Waals surface area contributed by atoms with E-state index in [4.69, 9.17) is 0 Å². The predicted octanol–water partition coefficient (Wildman–Crippen LogP) is 2.35. The van der Waals surface area contributed by atoms with Crippen LogP contribution >= 0.6 is 0 Å². The summed E-state index contributed by atoms with van der Waals surface area (Å²) in [6.45, 7) is 5.82. The van der Waals surface area contributed by atoms with Crippen molar-refractivity contribution in [1.29, 1.82) is 0 Å². The van der Waals surface area contributed by atoms with Gasteiger partial charge < -0.3 is 15.2 Å². The van der Waals surface area contributed by atoms with E-state index in [1.165, 1.54) is 48.9 Å². The molecule has 96 valence electrons. The van der Waals surface area contributed by atoms with E-state index in [0.717, 1.165) is 13.1 Å². The number of aromatic amines is 1. The van der Waals surface area contributed by atoms with Crippen molar-refractivity contribution in [2.75, 3.05) is 26.2 Å². The number of hydrogen-bond acceptors (Lipinski definition) is 2. The summed E-state index contributed by atoms with van der Waals surface area (Å²) < 4.78 is 0. The highest BCUT2D eigenvalue weighted by Crippen LogP contribution is 2.14. The molecule has 0 atom stereocenters. The number of hydrogen-bond donors (Lipinski definition) is 2. The van der Waals surface area contributed by atoms with Gasteiger partial charge in [0.05, 0.1) is 0 Å². The average molecular weight is 243 g/mol. The normalized spacial score (nSPS) is 16.7. The van der Waals surface area contributed by atoms with E-state index < -0.39 is 0 Å². The number of likely N-dealkylation sites (tertiary alicyclic amines) is 1. The van der Waals surface area contributed by atoms with Gasteiger partial charge in [0.25, 0.3) is 0 Å². The molecule has 1 aliphatic heterocycles. The first-order valence-corrected chi connectivity index (χ1v) is 6.91. The minimum Gasteiger partial charge on any atom is -0.361 e. The summed E-state index contributed by atoms with van der Waals surface area (Å²) in [6.07, 6.45) is 4.75. The first-order valence-electron chi connectivity index (χ1n) is 6.91. The van der Waals surface area contributed by atoms with Gasteiger partial charge in [0.15, 0.2) is 0 Å². The lowest BCUT2D eigenvalue weighted by Crippen LogP contribution is -2.29. The fourth-order valence-electron chi connectivity index (χ4n) is 2.69. The van der Waals surface area contributed by atoms with Crippen molar-refractivity contribution < 1.29 is 0 Å². The summed E-state index contributed by atoms with van der Waals surface area (Å²) in [4.78, 5) is 5.77. The molecule has 0 bridgehead atoms. The average Bonchev–Trinajstić information content (AvgIpc) is 3.05. The van der Waals surface area contributed by atoms with E-state index >= 15 is 0 Å². The first-order chi connectivity index (χ1) is 8.92. The standard InChI is InChI=1S/C15H21N3/c1-2-9-18(8-1)10-7-16-12-13-3-4-15-14(11-13)5-6-17-15/h3-6,11,16-17H,1-2,7-10,12H2. The van der Waals surface area contributed by atoms with Crippen molar-refractivity contribution in [3.8, 4) is 0 Å². The van der Waals surface area contributed by atoms with Gasteiger partial charge in [-0.15, -0.1) is 0 Å². The van der Waals surface area contributed by atoms with Crippen LogP contribution in [-0.4, -0.2) is 36.1 Å². The number of aromatic nitrogens is 1. The highest BCUT2D eigenvalue weighted by Gasteiger charge is 2.09. The van der Waals surface area contributed by atoms with Crippen LogP contribution in [0, 0.1) is 0 Å². The molecule has 0 unspecified atom stereocenters. The maximum atomic E-state index is 3.53. The minimum atomic E-state index is 0.967. The second-order valence-electron chi connectivity index (χ2n) is 5.12. The predicted molar refractivity (Wildman–Crippen MR) is 75.7 cm³/mol. The topological polar surface area (TPSA) is 31.1 Å². The monoisotopic (exact) mass is 243 g/mol. The van der Waals surface area contributed by atoms with Crippen LogP contribution in [0.1, 0.15) is 18.4 Å². The van der Waals surface area contributed by atoms with Gasteiger partial charge in [-0.3, -0.25) is 0 Å². The van der Waals surface area contributed by atoms with Crippen LogP contribution in [0.5, 0.6) is 0 Å². The minimum absolute atomic E-state index is 0.967. The molecule has 1 fully saturated rings. The van der Waals surface area contributed by atoms with Crippen LogP contribution in [0.25, 0.3) is 10.9 Å². The molecule has 3 heteroatoms. The summed E-state index contributed by atoms with van der Waals surface area (Å²) in [7, 11) is 0. The molecular weight excluding hydrogens is 222 g/mol. The highest BCUT2D eigenvalue weighted by molar-refractivity contribution is 5.79. The zero-order valence-electron chi connectivity index (χ0n) is 10.8. The third kappa shape index (κ3) is 2.74. The molecule has 18 heavy (non-hydrogen) atoms. The molecule has 0 aliphatic carbocycles. The molecule has 0 radical (unpaired) electrons. The largest absolute Gasteiger partial charge is 0.361 e. The Balaban J connectivity index is 1.47. The summed E-state index contributed by atoms with van der Waals surface area (Å²) in [5, 5.41) is 4.83. The van der Waals surface area contributed by atoms with E-state index in [0.29, 0.717) is 0 Å². The highest BCUT2D eigenvalue weighted by atomic mass is 15.1. The molecule has 0 saturated carbocycles. The molecule has 1 saturated heterocycles. The molecule has 0 spiro atoms. The van der Waals surface area contributed by atoms with Gasteiger partial charge in [0.1, 0.15) is 0 Å². The lowest BCUT2D eigenvalue weighted by atomic mass is 10.1. The number of nitrogens with one attached hydrogen (secondary N) is 2. The molecule has 1 aliphatic rings. The second kappa shape index (κ2) is 5.55. The van der Waals surface area contributed by atoms with Crippen LogP contribution in [-0.2, 0) is 6.54 Å². The summed E-state index contributed by atoms with van der Waals surface area (Å²) in [5.74, 6) is 0. The van der Waals surface area contributed by atoms with E-state index in [2.05, 4.69) is 39.5 Å². The van der Waals surface area contributed by atoms with Crippen molar-refractivity contribution >= 4 is 10.9 Å². The van der Waals surface area contributed by atoms with Crippen LogP contribution in [0.4, 0.5) is 0 Å². The van der Waals surface area contributed by atoms with Crippen molar-refractivity contribution in [2.45, 2.75) is 19.4 Å². The molecule has 0 amide bonds. The van der Waals surface area contributed by atoms with E-state index in [1.807, 2.05) is 6.20 Å². The maximum absolute atomic E-state index is 3.53. The lowest BCUT2D eigenvalue weighted by Gasteiger charge is -2.14. The Hall–Kier alpha value is -1.32. The summed E-state index contributed by atoms with van der Waals surface area (Å²) in [6, 6.07) is 8.74. The Morgan fingerprint density at radius 3 is 2.94 bits per heavy atom. The third-order valence-electron chi connectivity index (χ3n) is 3.75. The van der Waals surface area contributed by atoms with Gasteiger partial charge in [-0.1, -0.05) is 6.07 Å². The Morgan fingerprint density at radius 2 is 2.06 bits per heavy atom. The van der Waals surface area contributed by atoms with Crippen LogP contribution < -0.4 is 5.32 Å². The summed E-state index contributed by atoms with van der Waals surface area (Å²) >= 11 is 0. The number of H-pyrrole nitrogens is 1. The van der Waals surface area contributed by atoms with Gasteiger partial charge in [0.2, 0.25) is 0 Å². The van der Waals surface area contributed by atoms with Gasteiger partial charge in [-0.05, 0) is 55.1 Å². The van der Waals surface area contributed by atoms with Gasteiger partial charge in [-0.2, -0.15) is 0 Å². The number of fused-ring (bicyclic) bond motifs is 1. The first kappa shape index (κ1) is 11.8. The van der Waals surface area contributed by atoms with Crippen molar-refractivity contribution in [3.05, 3.63) is 36.0 Å². The third-order valence-corrected chi connectivity index (χ3v) is 3.75. The van der Waals surface area contributed by atoms with Crippen LogP contribution in [0.15, 0.2) is 30.5 Å². The molecule has 2 heterocycles. The lowest BCUT2D eigenvalue weighted by molar-refractivity contribution is 0.335. The number of nitrogens with zero attached hydrogens (tertiary/aromatic N) is 1. The van der Waals surface area contributed by atoms with Gasteiger partial charge >= 0.3 is 0 Å². The molecule has 1 aromatic heterocycles. The van der Waals surface area contributed by atoms with E-state index in [-0.39, 0.29) is 0 Å². The fourth-order valence-corrected chi connectivity index (χ4v) is 2.69. The van der Waals surface area contributed by atoms with Crippen molar-refractivity contribution in [3.63, 3.8) is 0 Å². The SMILES string of the molecule is c1cc2cc(CNCCN3CCCC3)ccc2[nH]1. The van der Waals surface area contributed by atoms with E-state index in [9.17, 15) is 0 Å². The summed E-state index contributed by atoms with van der Waals surface area (Å²) in [5.41, 5.74) is 2.58. The second-order valence-corrected chi connectivity index (χ2v) is 5.12. The maximum Gasteiger partial charge on any atom is 0.0454 e. The van der Waals surface area contributed by atoms with E-state index in [1.54, 1.807) is 0 Å². The molecule has 1 aromatic carbocycles. The zero-order valence-corrected chi connectivity index (χ0v) is 10.8. The zero-order chi connectivity index (χ0) is 12.2. The van der Waals surface area contributed by atoms with Crippen molar-refractivity contribution in [1.82, 2.24) is 15.2 Å². The quantitative estimate of drug-likeness (QED) is 0.790. The number of rotatable bonds is 5. The Morgan fingerprint density at radius 1 is 1.17 bits per heavy atom. The molecule has 2 aromatic rings.